The van der Waals surface area contributed by atoms with Gasteiger partial charge in [-0.2, -0.15) is 0 Å². The van der Waals surface area contributed by atoms with Gasteiger partial charge in [0.15, 0.2) is 0 Å². The molecule has 2 heterocycles. The number of hydrogen-bond donors (Lipinski definition) is 0. The average Bonchev–Trinajstić information content (AvgIpc) is 3.88. The van der Waals surface area contributed by atoms with E-state index in [0.717, 1.165) is 88.8 Å². The molecule has 9 aromatic carbocycles. The lowest BCUT2D eigenvalue weighted by molar-refractivity contribution is 0.655. The van der Waals surface area contributed by atoms with E-state index in [-0.39, 0.29) is 5.92 Å². The molecular formula is C65H62N2O2. The van der Waals surface area contributed by atoms with Crippen LogP contribution in [0.4, 0.5) is 34.1 Å². The van der Waals surface area contributed by atoms with E-state index in [2.05, 4.69) is 243 Å². The fourth-order valence-electron chi connectivity index (χ4n) is 10.5. The van der Waals surface area contributed by atoms with Crippen molar-refractivity contribution in [3.63, 3.8) is 0 Å². The quantitative estimate of drug-likeness (QED) is 0.129. The molecule has 0 bridgehead atoms. The van der Waals surface area contributed by atoms with E-state index in [1.54, 1.807) is 0 Å². The van der Waals surface area contributed by atoms with Crippen LogP contribution in [-0.2, 0) is 0 Å². The normalized spacial score (nSPS) is 12.3. The largest absolute Gasteiger partial charge is 0.456 e. The Bertz CT molecular complexity index is 3340. The van der Waals surface area contributed by atoms with Gasteiger partial charge in [0.05, 0.1) is 0 Å². The number of fused-ring (bicyclic) bond motifs is 8. The average molecular weight is 903 g/mol. The van der Waals surface area contributed by atoms with Gasteiger partial charge in [-0.15, -0.1) is 0 Å². The maximum absolute atomic E-state index is 6.86. The summed E-state index contributed by atoms with van der Waals surface area (Å²) >= 11 is 0. The highest BCUT2D eigenvalue weighted by Gasteiger charge is 2.24. The van der Waals surface area contributed by atoms with E-state index in [4.69, 9.17) is 8.83 Å². The fourth-order valence-corrected chi connectivity index (χ4v) is 10.5. The second-order valence-corrected chi connectivity index (χ2v) is 20.8. The molecule has 11 rings (SSSR count). The van der Waals surface area contributed by atoms with E-state index in [0.29, 0.717) is 23.7 Å². The van der Waals surface area contributed by atoms with E-state index < -0.39 is 0 Å². The Kier molecular flexibility index (Phi) is 11.1. The summed E-state index contributed by atoms with van der Waals surface area (Å²) in [5.41, 5.74) is 16.8. The van der Waals surface area contributed by atoms with Crippen molar-refractivity contribution in [3.05, 3.63) is 192 Å². The Hall–Kier alpha value is -7.30. The monoisotopic (exact) mass is 902 g/mol. The first-order valence-electron chi connectivity index (χ1n) is 25.0. The minimum atomic E-state index is 0.212. The molecule has 69 heavy (non-hydrogen) atoms. The van der Waals surface area contributed by atoms with Crippen LogP contribution in [0.15, 0.2) is 173 Å². The first-order valence-corrected chi connectivity index (χ1v) is 25.0. The van der Waals surface area contributed by atoms with E-state index in [9.17, 15) is 0 Å². The van der Waals surface area contributed by atoms with Gasteiger partial charge < -0.3 is 18.6 Å². The number of hydrogen-bond acceptors (Lipinski definition) is 4. The first-order chi connectivity index (χ1) is 33.3. The third kappa shape index (κ3) is 7.90. The molecule has 4 heteroatoms. The molecule has 0 spiro atoms. The molecule has 0 fully saturated rings. The van der Waals surface area contributed by atoms with Crippen LogP contribution in [0.25, 0.3) is 65.4 Å². The Labute approximate surface area is 406 Å². The molecule has 0 N–H and O–H groups in total. The molecule has 0 aliphatic heterocycles. The topological polar surface area (TPSA) is 32.8 Å². The summed E-state index contributed by atoms with van der Waals surface area (Å²) in [6.07, 6.45) is 0. The molecule has 4 nitrogen and oxygen atoms in total. The summed E-state index contributed by atoms with van der Waals surface area (Å²) in [6, 6.07) is 61.0. The van der Waals surface area contributed by atoms with Gasteiger partial charge in [-0.05, 0) is 176 Å². The molecular weight excluding hydrogens is 841 g/mol. The van der Waals surface area contributed by atoms with Crippen LogP contribution in [0.2, 0.25) is 0 Å². The lowest BCUT2D eigenvalue weighted by Gasteiger charge is -2.26. The number of anilines is 6. The van der Waals surface area contributed by atoms with Crippen LogP contribution < -0.4 is 9.80 Å². The zero-order valence-electron chi connectivity index (χ0n) is 41.7. The van der Waals surface area contributed by atoms with Gasteiger partial charge in [-0.3, -0.25) is 0 Å². The predicted octanol–water partition coefficient (Wildman–Crippen LogP) is 20.3. The van der Waals surface area contributed by atoms with Gasteiger partial charge >= 0.3 is 0 Å². The van der Waals surface area contributed by atoms with Gasteiger partial charge in [0.2, 0.25) is 0 Å². The van der Waals surface area contributed by atoms with Gasteiger partial charge in [0.25, 0.3) is 0 Å². The summed E-state index contributed by atoms with van der Waals surface area (Å²) in [6.45, 7) is 22.5. The zero-order valence-corrected chi connectivity index (χ0v) is 41.7. The Balaban J connectivity index is 1.02. The number of furan rings is 2. The molecule has 344 valence electrons. The molecule has 0 saturated heterocycles. The Morgan fingerprint density at radius 3 is 0.870 bits per heavy atom. The van der Waals surface area contributed by atoms with Crippen molar-refractivity contribution in [1.29, 1.82) is 0 Å². The van der Waals surface area contributed by atoms with Crippen LogP contribution in [0.1, 0.15) is 127 Å². The molecule has 0 saturated carbocycles. The maximum Gasteiger partial charge on any atom is 0.139 e. The second-order valence-electron chi connectivity index (χ2n) is 20.8. The highest BCUT2D eigenvalue weighted by molar-refractivity contribution is 6.21. The highest BCUT2D eigenvalue weighted by Crippen LogP contribution is 2.47. The Morgan fingerprint density at radius 1 is 0.275 bits per heavy atom. The molecule has 11 aromatic rings. The van der Waals surface area contributed by atoms with E-state index in [1.807, 2.05) is 0 Å². The minimum absolute atomic E-state index is 0.212. The minimum Gasteiger partial charge on any atom is -0.456 e. The van der Waals surface area contributed by atoms with Crippen LogP contribution in [0.3, 0.4) is 0 Å². The van der Waals surface area contributed by atoms with Crippen molar-refractivity contribution in [3.8, 4) is 0 Å². The van der Waals surface area contributed by atoms with Crippen LogP contribution >= 0.6 is 0 Å². The molecule has 0 aliphatic rings. The van der Waals surface area contributed by atoms with Gasteiger partial charge in [-0.25, -0.2) is 0 Å². The Morgan fingerprint density at radius 2 is 0.580 bits per heavy atom. The lowest BCUT2D eigenvalue weighted by atomic mass is 9.91. The van der Waals surface area contributed by atoms with Crippen molar-refractivity contribution in [2.24, 2.45) is 0 Å². The molecule has 0 unspecified atom stereocenters. The summed E-state index contributed by atoms with van der Waals surface area (Å²) in [4.78, 5) is 4.73. The van der Waals surface area contributed by atoms with Crippen molar-refractivity contribution in [2.45, 2.75) is 98.8 Å². The predicted molar refractivity (Wildman–Crippen MR) is 296 cm³/mol. The molecule has 0 aliphatic carbocycles. The third-order valence-corrected chi connectivity index (χ3v) is 14.5. The summed E-state index contributed by atoms with van der Waals surface area (Å²) in [5.74, 6) is 2.07. The van der Waals surface area contributed by atoms with E-state index in [1.165, 1.54) is 38.6 Å². The molecule has 0 atom stereocenters. The van der Waals surface area contributed by atoms with Crippen molar-refractivity contribution in [2.75, 3.05) is 9.80 Å². The first kappa shape index (κ1) is 44.2. The van der Waals surface area contributed by atoms with E-state index >= 15 is 0 Å². The van der Waals surface area contributed by atoms with Crippen LogP contribution in [0.5, 0.6) is 0 Å². The fraction of sp³-hybridized carbons (Fsp3) is 0.231. The lowest BCUT2D eigenvalue weighted by Crippen LogP contribution is -2.10. The standard InChI is InChI=1S/C65H62N2O2/c1-38(2)43-11-21-51(22-12-43)66(52-23-13-44(14-24-52)39(3)4)55-29-19-47-33-57-59(35-49(47)31-55)68-61-37-62-65(63(42(9)10)64(57)61)58-34-48-20-30-56(32-50(48)36-60(58)69-62)67(53-25-15-45(16-26-53)40(5)6)54-27-17-46(18-28-54)41(7)8/h11-42H,1-10H3. The SMILES string of the molecule is CC(C)c1ccc(N(c2ccc(C(C)C)cc2)c2ccc3cc4c(cc3c2)oc2cc3oc5cc6cc(N(c7ccc(C(C)C)cc7)c7ccc(C(C)C)cc7)ccc6cc5c3c(C(C)C)c24)cc1. The van der Waals surface area contributed by atoms with Gasteiger partial charge in [0, 0.05) is 61.7 Å². The zero-order chi connectivity index (χ0) is 47.8. The van der Waals surface area contributed by atoms with Gasteiger partial charge in [0.1, 0.15) is 22.3 Å². The third-order valence-electron chi connectivity index (χ3n) is 14.5. The highest BCUT2D eigenvalue weighted by atomic mass is 16.3. The molecule has 0 amide bonds. The van der Waals surface area contributed by atoms with Crippen molar-refractivity contribution in [1.82, 2.24) is 0 Å². The van der Waals surface area contributed by atoms with Crippen LogP contribution in [0, 0.1) is 0 Å². The second kappa shape index (κ2) is 17.3. The van der Waals surface area contributed by atoms with Crippen molar-refractivity contribution < 1.29 is 8.83 Å². The smallest absolute Gasteiger partial charge is 0.139 e. The summed E-state index contributed by atoms with van der Waals surface area (Å²) in [5, 5.41) is 9.20. The molecule has 0 radical (unpaired) electrons. The number of rotatable bonds is 11. The van der Waals surface area contributed by atoms with Crippen LogP contribution in [-0.4, -0.2) is 0 Å². The summed E-state index contributed by atoms with van der Waals surface area (Å²) in [7, 11) is 0. The number of nitrogens with zero attached hydrogens (tertiary/aromatic N) is 2. The summed E-state index contributed by atoms with van der Waals surface area (Å²) < 4.78 is 13.7. The molecule has 2 aromatic heterocycles. The number of benzene rings is 9. The maximum atomic E-state index is 6.86. The van der Waals surface area contributed by atoms with Gasteiger partial charge in [-0.1, -0.05) is 130 Å². The van der Waals surface area contributed by atoms with Crippen molar-refractivity contribution >= 4 is 99.5 Å².